The molecule has 2 nitrogen and oxygen atoms in total. The summed E-state index contributed by atoms with van der Waals surface area (Å²) < 4.78 is 1.23. The Balaban J connectivity index is 2.19. The fraction of sp³-hybridized carbons (Fsp3) is 0.364. The van der Waals surface area contributed by atoms with Gasteiger partial charge in [0, 0.05) is 6.42 Å². The van der Waals surface area contributed by atoms with Crippen molar-refractivity contribution in [3.05, 3.63) is 29.3 Å². The maximum absolute atomic E-state index is 9.17. The third-order valence-electron chi connectivity index (χ3n) is 2.11. The van der Waals surface area contributed by atoms with Crippen LogP contribution in [0.5, 0.6) is 0 Å². The molecule has 0 radical (unpaired) electrons. The molecule has 1 atom stereocenters. The van der Waals surface area contributed by atoms with E-state index in [1.165, 1.54) is 4.70 Å². The molecule has 1 aromatic carbocycles. The van der Waals surface area contributed by atoms with Gasteiger partial charge in [0.05, 0.1) is 21.3 Å². The number of benzene rings is 1. The number of hydrogen-bond acceptors (Lipinski definition) is 3. The van der Waals surface area contributed by atoms with Gasteiger partial charge in [-0.25, -0.2) is 4.98 Å². The van der Waals surface area contributed by atoms with Crippen LogP contribution in [0.3, 0.4) is 0 Å². The van der Waals surface area contributed by atoms with Crippen LogP contribution in [-0.2, 0) is 6.42 Å². The predicted octanol–water partition coefficient (Wildman–Crippen LogP) is 2.61. The smallest absolute Gasteiger partial charge is 0.0939 e. The van der Waals surface area contributed by atoms with Crippen LogP contribution >= 0.6 is 11.3 Å². The van der Waals surface area contributed by atoms with Gasteiger partial charge in [0.2, 0.25) is 0 Å². The third-order valence-corrected chi connectivity index (χ3v) is 3.21. The number of para-hydroxylation sites is 1. The second-order valence-electron chi connectivity index (χ2n) is 3.46. The van der Waals surface area contributed by atoms with E-state index in [2.05, 4.69) is 11.1 Å². The first kappa shape index (κ1) is 9.62. The fourth-order valence-corrected chi connectivity index (χ4v) is 2.34. The van der Waals surface area contributed by atoms with Gasteiger partial charge in [-0.3, -0.25) is 0 Å². The van der Waals surface area contributed by atoms with Gasteiger partial charge in [-0.1, -0.05) is 12.1 Å². The van der Waals surface area contributed by atoms with Crippen molar-refractivity contribution in [1.29, 1.82) is 0 Å². The highest BCUT2D eigenvalue weighted by Crippen LogP contribution is 2.22. The van der Waals surface area contributed by atoms with Gasteiger partial charge in [0.15, 0.2) is 0 Å². The second kappa shape index (κ2) is 4.07. The maximum Gasteiger partial charge on any atom is 0.0939 e. The molecule has 0 aliphatic rings. The molecule has 1 N–H and O–H groups in total. The molecular weight excluding hydrogens is 194 g/mol. The van der Waals surface area contributed by atoms with Crippen molar-refractivity contribution in [2.75, 3.05) is 0 Å². The van der Waals surface area contributed by atoms with Crippen molar-refractivity contribution in [2.24, 2.45) is 0 Å². The molecule has 0 fully saturated rings. The van der Waals surface area contributed by atoms with Gasteiger partial charge in [0.25, 0.3) is 0 Å². The molecule has 0 spiro atoms. The van der Waals surface area contributed by atoms with Gasteiger partial charge in [0.1, 0.15) is 0 Å². The molecule has 2 rings (SSSR count). The Morgan fingerprint density at radius 2 is 2.21 bits per heavy atom. The second-order valence-corrected chi connectivity index (χ2v) is 4.58. The lowest BCUT2D eigenvalue weighted by Crippen LogP contribution is -2.00. The first-order valence-electron chi connectivity index (χ1n) is 4.78. The first-order chi connectivity index (χ1) is 6.75. The van der Waals surface area contributed by atoms with E-state index in [-0.39, 0.29) is 6.10 Å². The summed E-state index contributed by atoms with van der Waals surface area (Å²) in [6.07, 6.45) is 1.43. The van der Waals surface area contributed by atoms with Crippen LogP contribution in [0, 0.1) is 0 Å². The Hall–Kier alpha value is -0.930. The highest BCUT2D eigenvalue weighted by Gasteiger charge is 2.04. The lowest BCUT2D eigenvalue weighted by Gasteiger charge is -1.99. The normalized spacial score (nSPS) is 13.3. The van der Waals surface area contributed by atoms with Crippen molar-refractivity contribution in [3.8, 4) is 0 Å². The largest absolute Gasteiger partial charge is 0.393 e. The summed E-state index contributed by atoms with van der Waals surface area (Å²) in [6, 6.07) is 8.13. The highest BCUT2D eigenvalue weighted by molar-refractivity contribution is 7.18. The van der Waals surface area contributed by atoms with Crippen LogP contribution in [-0.4, -0.2) is 16.2 Å². The minimum Gasteiger partial charge on any atom is -0.393 e. The van der Waals surface area contributed by atoms with Crippen LogP contribution in [0.2, 0.25) is 0 Å². The van der Waals surface area contributed by atoms with Gasteiger partial charge >= 0.3 is 0 Å². The van der Waals surface area contributed by atoms with Crippen LogP contribution in [0.4, 0.5) is 0 Å². The summed E-state index contributed by atoms with van der Waals surface area (Å²) in [4.78, 5) is 4.49. The Morgan fingerprint density at radius 3 is 2.93 bits per heavy atom. The number of aliphatic hydroxyl groups excluding tert-OH is 1. The molecule has 0 aliphatic heterocycles. The molecule has 3 heteroatoms. The minimum absolute atomic E-state index is 0.234. The summed E-state index contributed by atoms with van der Waals surface area (Å²) in [5, 5.41) is 10.3. The maximum atomic E-state index is 9.17. The number of nitrogens with zero attached hydrogens (tertiary/aromatic N) is 1. The van der Waals surface area contributed by atoms with E-state index in [4.69, 9.17) is 5.11 Å². The summed E-state index contributed by atoms with van der Waals surface area (Å²) in [6.45, 7) is 1.81. The van der Waals surface area contributed by atoms with Gasteiger partial charge in [-0.05, 0) is 25.5 Å². The summed E-state index contributed by atoms with van der Waals surface area (Å²) in [7, 11) is 0. The lowest BCUT2D eigenvalue weighted by molar-refractivity contribution is 0.185. The Kier molecular flexibility index (Phi) is 2.79. The van der Waals surface area contributed by atoms with E-state index in [1.807, 2.05) is 25.1 Å². The molecule has 14 heavy (non-hydrogen) atoms. The number of rotatable bonds is 3. The van der Waals surface area contributed by atoms with E-state index in [1.54, 1.807) is 11.3 Å². The average molecular weight is 207 g/mol. The quantitative estimate of drug-likeness (QED) is 0.839. The SMILES string of the molecule is C[C@H](O)CCc1nc2ccccc2s1. The molecule has 0 saturated heterocycles. The van der Waals surface area contributed by atoms with E-state index in [9.17, 15) is 0 Å². The van der Waals surface area contributed by atoms with Crippen molar-refractivity contribution in [3.63, 3.8) is 0 Å². The fourth-order valence-electron chi connectivity index (χ4n) is 1.36. The number of hydrogen-bond donors (Lipinski definition) is 1. The van der Waals surface area contributed by atoms with Crippen LogP contribution in [0.1, 0.15) is 18.4 Å². The van der Waals surface area contributed by atoms with E-state index >= 15 is 0 Å². The zero-order chi connectivity index (χ0) is 9.97. The number of aryl methyl sites for hydroxylation is 1. The number of aromatic nitrogens is 1. The van der Waals surface area contributed by atoms with Crippen molar-refractivity contribution in [1.82, 2.24) is 4.98 Å². The number of fused-ring (bicyclic) bond motifs is 1. The molecule has 0 bridgehead atoms. The Labute approximate surface area is 87.2 Å². The Bertz CT molecular complexity index is 389. The first-order valence-corrected chi connectivity index (χ1v) is 5.60. The van der Waals surface area contributed by atoms with E-state index in [0.29, 0.717) is 0 Å². The van der Waals surface area contributed by atoms with Gasteiger partial charge < -0.3 is 5.11 Å². The molecule has 0 unspecified atom stereocenters. The molecule has 74 valence electrons. The molecule has 2 aromatic rings. The molecule has 1 heterocycles. The number of aliphatic hydroxyl groups is 1. The molecule has 1 aromatic heterocycles. The molecule has 0 saturated carbocycles. The van der Waals surface area contributed by atoms with E-state index < -0.39 is 0 Å². The molecular formula is C11H13NOS. The van der Waals surface area contributed by atoms with Gasteiger partial charge in [-0.15, -0.1) is 11.3 Å². The predicted molar refractivity (Wildman–Crippen MR) is 59.6 cm³/mol. The number of thiazole rings is 1. The van der Waals surface area contributed by atoms with E-state index in [0.717, 1.165) is 23.4 Å². The summed E-state index contributed by atoms with van der Waals surface area (Å²) >= 11 is 1.72. The standard InChI is InChI=1S/C11H13NOS/c1-8(13)6-7-11-12-9-4-2-3-5-10(9)14-11/h2-5,8,13H,6-7H2,1H3/t8-/m0/s1. The molecule has 0 amide bonds. The third kappa shape index (κ3) is 2.11. The average Bonchev–Trinajstić information content (AvgIpc) is 2.57. The highest BCUT2D eigenvalue weighted by atomic mass is 32.1. The van der Waals surface area contributed by atoms with Crippen LogP contribution in [0.25, 0.3) is 10.2 Å². The Morgan fingerprint density at radius 1 is 1.43 bits per heavy atom. The lowest BCUT2D eigenvalue weighted by atomic mass is 10.2. The summed E-state index contributed by atoms with van der Waals surface area (Å²) in [5.41, 5.74) is 1.07. The van der Waals surface area contributed by atoms with Crippen LogP contribution in [0.15, 0.2) is 24.3 Å². The summed E-state index contributed by atoms with van der Waals surface area (Å²) in [5.74, 6) is 0. The van der Waals surface area contributed by atoms with Crippen molar-refractivity contribution < 1.29 is 5.11 Å². The van der Waals surface area contributed by atoms with Gasteiger partial charge in [-0.2, -0.15) is 0 Å². The minimum atomic E-state index is -0.234. The topological polar surface area (TPSA) is 33.1 Å². The zero-order valence-electron chi connectivity index (χ0n) is 8.10. The molecule has 0 aliphatic carbocycles. The van der Waals surface area contributed by atoms with Crippen LogP contribution < -0.4 is 0 Å². The van der Waals surface area contributed by atoms with Crippen molar-refractivity contribution in [2.45, 2.75) is 25.9 Å². The zero-order valence-corrected chi connectivity index (χ0v) is 8.92. The van der Waals surface area contributed by atoms with Crippen molar-refractivity contribution >= 4 is 21.6 Å². The monoisotopic (exact) mass is 207 g/mol.